The third kappa shape index (κ3) is 5.36. The van der Waals surface area contributed by atoms with Gasteiger partial charge in [0.2, 0.25) is 0 Å². The first-order chi connectivity index (χ1) is 11.3. The van der Waals surface area contributed by atoms with E-state index in [0.29, 0.717) is 12.6 Å². The van der Waals surface area contributed by atoms with Crippen molar-refractivity contribution >= 4 is 12.1 Å². The van der Waals surface area contributed by atoms with Crippen molar-refractivity contribution in [1.29, 1.82) is 0 Å². The second kappa shape index (κ2) is 8.19. The molecule has 2 aliphatic heterocycles. The molecule has 0 aromatic heterocycles. The Balaban J connectivity index is 1.81. The molecule has 2 fully saturated rings. The summed E-state index contributed by atoms with van der Waals surface area (Å²) in [6.45, 7) is 11.2. The fraction of sp³-hybridized carbons (Fsp3) is 0.889. The van der Waals surface area contributed by atoms with Crippen molar-refractivity contribution < 1.29 is 19.1 Å². The van der Waals surface area contributed by atoms with Crippen LogP contribution in [0.1, 0.15) is 53.4 Å². The van der Waals surface area contributed by atoms with Gasteiger partial charge < -0.3 is 14.4 Å². The summed E-state index contributed by atoms with van der Waals surface area (Å²) in [5.41, 5.74) is -0.451. The molecule has 6 nitrogen and oxygen atoms in total. The average Bonchev–Trinajstić information content (AvgIpc) is 2.54. The molecule has 2 heterocycles. The lowest BCUT2D eigenvalue weighted by Crippen LogP contribution is -2.51. The summed E-state index contributed by atoms with van der Waals surface area (Å²) in [7, 11) is 0. The van der Waals surface area contributed by atoms with E-state index in [4.69, 9.17) is 9.47 Å². The van der Waals surface area contributed by atoms with Gasteiger partial charge in [0.25, 0.3) is 0 Å². The van der Waals surface area contributed by atoms with E-state index in [2.05, 4.69) is 4.90 Å². The van der Waals surface area contributed by atoms with E-state index in [-0.39, 0.29) is 18.0 Å². The maximum atomic E-state index is 12.1. The van der Waals surface area contributed by atoms with Crippen LogP contribution in [0.2, 0.25) is 0 Å². The van der Waals surface area contributed by atoms with Crippen LogP contribution in [0, 0.1) is 5.92 Å². The van der Waals surface area contributed by atoms with Crippen LogP contribution < -0.4 is 0 Å². The summed E-state index contributed by atoms with van der Waals surface area (Å²) in [5.74, 6) is -0.0593. The lowest BCUT2D eigenvalue weighted by Gasteiger charge is -2.41. The van der Waals surface area contributed by atoms with Gasteiger partial charge in [-0.25, -0.2) is 4.79 Å². The maximum absolute atomic E-state index is 12.1. The van der Waals surface area contributed by atoms with Crippen LogP contribution in [0.15, 0.2) is 0 Å². The number of ether oxygens (including phenoxy) is 2. The Bertz CT molecular complexity index is 439. The molecule has 0 radical (unpaired) electrons. The van der Waals surface area contributed by atoms with Crippen molar-refractivity contribution in [2.45, 2.75) is 65.0 Å². The van der Waals surface area contributed by atoms with E-state index in [1.54, 1.807) is 4.90 Å². The molecule has 0 aromatic carbocycles. The number of hydrogen-bond donors (Lipinski definition) is 0. The maximum Gasteiger partial charge on any atom is 0.410 e. The summed E-state index contributed by atoms with van der Waals surface area (Å²) >= 11 is 0. The lowest BCUT2D eigenvalue weighted by molar-refractivity contribution is -0.150. The molecule has 2 aliphatic rings. The number of nitrogens with zero attached hydrogens (tertiary/aromatic N) is 2. The molecule has 2 saturated heterocycles. The standard InChI is InChI=1S/C18H32N2O4/c1-5-23-16(21)14-7-6-10-20(13-14)15-8-11-19(12-9-15)17(22)24-18(2,3)4/h14-15H,5-13H2,1-4H3/t14-/m1/s1. The number of piperidine rings is 2. The Hall–Kier alpha value is -1.30. The molecule has 0 bridgehead atoms. The van der Waals surface area contributed by atoms with E-state index in [9.17, 15) is 9.59 Å². The van der Waals surface area contributed by atoms with Crippen molar-refractivity contribution in [3.05, 3.63) is 0 Å². The highest BCUT2D eigenvalue weighted by atomic mass is 16.6. The topological polar surface area (TPSA) is 59.1 Å². The Morgan fingerprint density at radius 1 is 1.08 bits per heavy atom. The zero-order chi connectivity index (χ0) is 17.7. The highest BCUT2D eigenvalue weighted by Crippen LogP contribution is 2.25. The molecular weight excluding hydrogens is 308 g/mol. The minimum atomic E-state index is -0.451. The van der Waals surface area contributed by atoms with Crippen LogP contribution in [0.25, 0.3) is 0 Å². The van der Waals surface area contributed by atoms with Gasteiger partial charge in [0.05, 0.1) is 12.5 Å². The summed E-state index contributed by atoms with van der Waals surface area (Å²) in [6, 6.07) is 0.445. The summed E-state index contributed by atoms with van der Waals surface area (Å²) in [4.78, 5) is 28.3. The minimum Gasteiger partial charge on any atom is -0.466 e. The number of carbonyl (C=O) groups is 2. The molecule has 0 aromatic rings. The first kappa shape index (κ1) is 19.0. The highest BCUT2D eigenvalue weighted by molar-refractivity contribution is 5.72. The number of esters is 1. The quantitative estimate of drug-likeness (QED) is 0.739. The molecule has 0 aliphatic carbocycles. The van der Waals surface area contributed by atoms with Gasteiger partial charge in [-0.05, 0) is 59.9 Å². The van der Waals surface area contributed by atoms with Gasteiger partial charge in [-0.1, -0.05) is 0 Å². The van der Waals surface area contributed by atoms with E-state index in [0.717, 1.165) is 51.9 Å². The zero-order valence-electron chi connectivity index (χ0n) is 15.5. The van der Waals surface area contributed by atoms with Crippen LogP contribution >= 0.6 is 0 Å². The van der Waals surface area contributed by atoms with Gasteiger partial charge >= 0.3 is 12.1 Å². The first-order valence-electron chi connectivity index (χ1n) is 9.18. The lowest BCUT2D eigenvalue weighted by atomic mass is 9.94. The molecule has 0 unspecified atom stereocenters. The minimum absolute atomic E-state index is 0.00239. The molecule has 2 rings (SSSR count). The number of hydrogen-bond acceptors (Lipinski definition) is 5. The molecule has 24 heavy (non-hydrogen) atoms. The number of likely N-dealkylation sites (tertiary alicyclic amines) is 2. The van der Waals surface area contributed by atoms with Crippen LogP contribution in [-0.4, -0.2) is 66.3 Å². The normalized spacial score (nSPS) is 23.8. The predicted molar refractivity (Wildman–Crippen MR) is 91.8 cm³/mol. The Labute approximate surface area is 145 Å². The second-order valence-electron chi connectivity index (χ2n) is 7.78. The molecule has 138 valence electrons. The molecule has 0 saturated carbocycles. The van der Waals surface area contributed by atoms with Gasteiger partial charge in [-0.15, -0.1) is 0 Å². The smallest absolute Gasteiger partial charge is 0.410 e. The molecule has 6 heteroatoms. The van der Waals surface area contributed by atoms with Crippen molar-refractivity contribution in [1.82, 2.24) is 9.80 Å². The third-order valence-electron chi connectivity index (χ3n) is 4.71. The Morgan fingerprint density at radius 3 is 2.33 bits per heavy atom. The average molecular weight is 340 g/mol. The molecule has 1 amide bonds. The molecule has 0 N–H and O–H groups in total. The van der Waals surface area contributed by atoms with Gasteiger partial charge in [0, 0.05) is 25.7 Å². The molecule has 0 spiro atoms. The van der Waals surface area contributed by atoms with Crippen molar-refractivity contribution in [2.75, 3.05) is 32.8 Å². The third-order valence-corrected chi connectivity index (χ3v) is 4.71. The summed E-state index contributed by atoms with van der Waals surface area (Å²) < 4.78 is 10.6. The van der Waals surface area contributed by atoms with Gasteiger partial charge in [0.15, 0.2) is 0 Å². The van der Waals surface area contributed by atoms with Gasteiger partial charge in [0.1, 0.15) is 5.60 Å². The molecule has 1 atom stereocenters. The van der Waals surface area contributed by atoms with Crippen molar-refractivity contribution in [2.24, 2.45) is 5.92 Å². The van der Waals surface area contributed by atoms with Crippen LogP contribution in [-0.2, 0) is 14.3 Å². The summed E-state index contributed by atoms with van der Waals surface area (Å²) in [5, 5.41) is 0. The van der Waals surface area contributed by atoms with E-state index >= 15 is 0 Å². The van der Waals surface area contributed by atoms with Crippen molar-refractivity contribution in [3.63, 3.8) is 0 Å². The number of rotatable bonds is 3. The van der Waals surface area contributed by atoms with Crippen LogP contribution in [0.3, 0.4) is 0 Å². The van der Waals surface area contributed by atoms with Crippen LogP contribution in [0.4, 0.5) is 4.79 Å². The fourth-order valence-electron chi connectivity index (χ4n) is 3.53. The van der Waals surface area contributed by atoms with Gasteiger partial charge in [-0.2, -0.15) is 0 Å². The number of amides is 1. The second-order valence-corrected chi connectivity index (χ2v) is 7.78. The summed E-state index contributed by atoms with van der Waals surface area (Å²) in [6.07, 6.45) is 3.62. The Kier molecular flexibility index (Phi) is 6.49. The monoisotopic (exact) mass is 340 g/mol. The van der Waals surface area contributed by atoms with Crippen molar-refractivity contribution in [3.8, 4) is 0 Å². The van der Waals surface area contributed by atoms with Crippen LogP contribution in [0.5, 0.6) is 0 Å². The van der Waals surface area contributed by atoms with Gasteiger partial charge in [-0.3, -0.25) is 9.69 Å². The zero-order valence-corrected chi connectivity index (χ0v) is 15.5. The SMILES string of the molecule is CCOC(=O)[C@@H]1CCCN(C2CCN(C(=O)OC(C)(C)C)CC2)C1. The predicted octanol–water partition coefficient (Wildman–Crippen LogP) is 2.66. The first-order valence-corrected chi connectivity index (χ1v) is 9.18. The fourth-order valence-corrected chi connectivity index (χ4v) is 3.53. The number of carbonyl (C=O) groups excluding carboxylic acids is 2. The largest absolute Gasteiger partial charge is 0.466 e. The highest BCUT2D eigenvalue weighted by Gasteiger charge is 2.33. The van der Waals surface area contributed by atoms with E-state index in [1.165, 1.54) is 0 Å². The van der Waals surface area contributed by atoms with E-state index < -0.39 is 5.60 Å². The Morgan fingerprint density at radius 2 is 1.75 bits per heavy atom. The molecular formula is C18H32N2O4. The van der Waals surface area contributed by atoms with E-state index in [1.807, 2.05) is 27.7 Å².